The number of hydrogen-bond acceptors (Lipinski definition) is 4. The van der Waals surface area contributed by atoms with E-state index in [2.05, 4.69) is 5.32 Å². The third-order valence-electron chi connectivity index (χ3n) is 5.07. The number of primary amides is 1. The predicted octanol–water partition coefficient (Wildman–Crippen LogP) is 4.28. The molecule has 0 fully saturated rings. The van der Waals surface area contributed by atoms with Crippen LogP contribution in [0.15, 0.2) is 78.9 Å². The summed E-state index contributed by atoms with van der Waals surface area (Å²) in [7, 11) is 0. The highest BCUT2D eigenvalue weighted by molar-refractivity contribution is 6.17. The molecule has 0 aliphatic rings. The molecule has 4 aromatic carbocycles. The van der Waals surface area contributed by atoms with Gasteiger partial charge in [0.15, 0.2) is 6.10 Å². The fourth-order valence-electron chi connectivity index (χ4n) is 3.47. The summed E-state index contributed by atoms with van der Waals surface area (Å²) in [5.74, 6) is -1.60. The first-order valence-electron chi connectivity index (χ1n) is 9.76. The molecule has 0 heterocycles. The SMILES string of the molecule is C[C@@H](OC(=O)c1c2ccccc2cc2ccccc12)C(=O)Nc1ccc(C(N)=O)cc1. The molecule has 0 radical (unpaired) electrons. The summed E-state index contributed by atoms with van der Waals surface area (Å²) < 4.78 is 5.52. The van der Waals surface area contributed by atoms with E-state index in [0.717, 1.165) is 21.5 Å². The Kier molecular flexibility index (Phi) is 5.37. The van der Waals surface area contributed by atoms with Gasteiger partial charge in [-0.15, -0.1) is 0 Å². The third kappa shape index (κ3) is 4.09. The summed E-state index contributed by atoms with van der Waals surface area (Å²) in [5.41, 5.74) is 6.45. The highest BCUT2D eigenvalue weighted by Crippen LogP contribution is 2.29. The molecule has 0 saturated heterocycles. The van der Waals surface area contributed by atoms with E-state index in [1.807, 2.05) is 54.6 Å². The summed E-state index contributed by atoms with van der Waals surface area (Å²) >= 11 is 0. The van der Waals surface area contributed by atoms with Crippen LogP contribution < -0.4 is 11.1 Å². The average Bonchev–Trinajstić information content (AvgIpc) is 2.77. The van der Waals surface area contributed by atoms with Crippen LogP contribution >= 0.6 is 0 Å². The Morgan fingerprint density at radius 3 is 1.94 bits per heavy atom. The summed E-state index contributed by atoms with van der Waals surface area (Å²) in [6.07, 6.45) is -1.03. The molecule has 6 heteroatoms. The zero-order valence-corrected chi connectivity index (χ0v) is 16.8. The maximum Gasteiger partial charge on any atom is 0.340 e. The molecular weight excluding hydrogens is 392 g/mol. The fourth-order valence-corrected chi connectivity index (χ4v) is 3.47. The largest absolute Gasteiger partial charge is 0.449 e. The normalized spacial score (nSPS) is 11.8. The maximum atomic E-state index is 13.1. The van der Waals surface area contributed by atoms with Crippen LogP contribution in [-0.4, -0.2) is 23.9 Å². The molecule has 4 aromatic rings. The Hall–Kier alpha value is -4.19. The first-order valence-corrected chi connectivity index (χ1v) is 9.76. The zero-order chi connectivity index (χ0) is 22.0. The van der Waals surface area contributed by atoms with Crippen molar-refractivity contribution in [3.8, 4) is 0 Å². The van der Waals surface area contributed by atoms with Gasteiger partial charge in [0.05, 0.1) is 5.56 Å². The molecule has 31 heavy (non-hydrogen) atoms. The molecule has 6 nitrogen and oxygen atoms in total. The number of fused-ring (bicyclic) bond motifs is 2. The molecule has 0 aromatic heterocycles. The van der Waals surface area contributed by atoms with Crippen LogP contribution in [0.4, 0.5) is 5.69 Å². The van der Waals surface area contributed by atoms with Crippen LogP contribution in [0.1, 0.15) is 27.6 Å². The molecule has 0 aliphatic carbocycles. The lowest BCUT2D eigenvalue weighted by atomic mass is 9.97. The van der Waals surface area contributed by atoms with Crippen molar-refractivity contribution in [3.05, 3.63) is 90.0 Å². The predicted molar refractivity (Wildman–Crippen MR) is 120 cm³/mol. The van der Waals surface area contributed by atoms with E-state index in [1.165, 1.54) is 19.1 Å². The Morgan fingerprint density at radius 2 is 1.39 bits per heavy atom. The number of nitrogens with one attached hydrogen (secondary N) is 1. The van der Waals surface area contributed by atoms with Gasteiger partial charge in [0.25, 0.3) is 5.91 Å². The number of carbonyl (C=O) groups is 3. The van der Waals surface area contributed by atoms with Crippen molar-refractivity contribution in [2.45, 2.75) is 13.0 Å². The van der Waals surface area contributed by atoms with E-state index in [-0.39, 0.29) is 0 Å². The van der Waals surface area contributed by atoms with Crippen molar-refractivity contribution in [2.75, 3.05) is 5.32 Å². The van der Waals surface area contributed by atoms with Gasteiger partial charge in [-0.2, -0.15) is 0 Å². The van der Waals surface area contributed by atoms with Crippen LogP contribution in [0.25, 0.3) is 21.5 Å². The quantitative estimate of drug-likeness (QED) is 0.378. The molecule has 1 atom stereocenters. The van der Waals surface area contributed by atoms with Gasteiger partial charge in [-0.3, -0.25) is 9.59 Å². The highest BCUT2D eigenvalue weighted by atomic mass is 16.5. The number of carbonyl (C=O) groups excluding carboxylic acids is 3. The third-order valence-corrected chi connectivity index (χ3v) is 5.07. The van der Waals surface area contributed by atoms with Crippen molar-refractivity contribution in [1.82, 2.24) is 0 Å². The molecule has 0 saturated carbocycles. The minimum Gasteiger partial charge on any atom is -0.449 e. The van der Waals surface area contributed by atoms with Crippen LogP contribution in [0.2, 0.25) is 0 Å². The number of hydrogen-bond donors (Lipinski definition) is 2. The lowest BCUT2D eigenvalue weighted by Gasteiger charge is -2.16. The maximum absolute atomic E-state index is 13.1. The van der Waals surface area contributed by atoms with Crippen molar-refractivity contribution in [2.24, 2.45) is 5.73 Å². The first kappa shape index (κ1) is 20.1. The number of esters is 1. The topological polar surface area (TPSA) is 98.5 Å². The van der Waals surface area contributed by atoms with E-state index in [0.29, 0.717) is 16.8 Å². The number of benzene rings is 4. The second kappa shape index (κ2) is 8.28. The van der Waals surface area contributed by atoms with Crippen molar-refractivity contribution in [3.63, 3.8) is 0 Å². The lowest BCUT2D eigenvalue weighted by Crippen LogP contribution is -2.30. The summed E-state index contributed by atoms with van der Waals surface area (Å²) in [6.45, 7) is 1.51. The molecule has 0 aliphatic heterocycles. The van der Waals surface area contributed by atoms with Crippen molar-refractivity contribution >= 4 is 45.0 Å². The summed E-state index contributed by atoms with van der Waals surface area (Å²) in [6, 6.07) is 23.3. The number of ether oxygens (including phenoxy) is 1. The van der Waals surface area contributed by atoms with Crippen LogP contribution in [0.3, 0.4) is 0 Å². The van der Waals surface area contributed by atoms with Crippen LogP contribution in [-0.2, 0) is 9.53 Å². The molecule has 3 N–H and O–H groups in total. The number of anilines is 1. The Bertz CT molecular complexity index is 1260. The van der Waals surface area contributed by atoms with Gasteiger partial charge >= 0.3 is 5.97 Å². The fraction of sp³-hybridized carbons (Fsp3) is 0.0800. The molecule has 0 spiro atoms. The summed E-state index contributed by atoms with van der Waals surface area (Å²) in [5, 5.41) is 6.03. The Morgan fingerprint density at radius 1 is 0.839 bits per heavy atom. The van der Waals surface area contributed by atoms with Gasteiger partial charge in [0.2, 0.25) is 5.91 Å². The monoisotopic (exact) mass is 412 g/mol. The van der Waals surface area contributed by atoms with E-state index >= 15 is 0 Å². The van der Waals surface area contributed by atoms with Gasteiger partial charge < -0.3 is 15.8 Å². The molecular formula is C25H20N2O4. The van der Waals surface area contributed by atoms with Gasteiger partial charge in [-0.25, -0.2) is 4.79 Å². The zero-order valence-electron chi connectivity index (χ0n) is 16.8. The van der Waals surface area contributed by atoms with Crippen LogP contribution in [0.5, 0.6) is 0 Å². The van der Waals surface area contributed by atoms with E-state index < -0.39 is 23.9 Å². The molecule has 154 valence electrons. The second-order valence-electron chi connectivity index (χ2n) is 7.17. The summed E-state index contributed by atoms with van der Waals surface area (Å²) in [4.78, 5) is 36.8. The molecule has 0 bridgehead atoms. The number of amides is 2. The van der Waals surface area contributed by atoms with Gasteiger partial charge in [-0.05, 0) is 58.8 Å². The van der Waals surface area contributed by atoms with E-state index in [9.17, 15) is 14.4 Å². The smallest absolute Gasteiger partial charge is 0.340 e. The van der Waals surface area contributed by atoms with Gasteiger partial charge in [0.1, 0.15) is 0 Å². The Balaban J connectivity index is 1.58. The molecule has 4 rings (SSSR count). The van der Waals surface area contributed by atoms with Gasteiger partial charge in [-0.1, -0.05) is 48.5 Å². The molecule has 0 unspecified atom stereocenters. The minimum atomic E-state index is -1.03. The second-order valence-corrected chi connectivity index (χ2v) is 7.17. The Labute approximate surface area is 178 Å². The van der Waals surface area contributed by atoms with E-state index in [4.69, 9.17) is 10.5 Å². The van der Waals surface area contributed by atoms with Crippen molar-refractivity contribution in [1.29, 1.82) is 0 Å². The van der Waals surface area contributed by atoms with Crippen LogP contribution in [0, 0.1) is 0 Å². The lowest BCUT2D eigenvalue weighted by molar-refractivity contribution is -0.123. The standard InChI is InChI=1S/C25H20N2O4/c1-15(24(29)27-19-12-10-16(11-13-19)23(26)28)31-25(30)22-20-8-4-2-6-17(20)14-18-7-3-5-9-21(18)22/h2-15H,1H3,(H2,26,28)(H,27,29)/t15-/m1/s1. The molecule has 2 amide bonds. The number of nitrogens with two attached hydrogens (primary N) is 1. The highest BCUT2D eigenvalue weighted by Gasteiger charge is 2.22. The van der Waals surface area contributed by atoms with Gasteiger partial charge in [0, 0.05) is 11.3 Å². The average molecular weight is 412 g/mol. The van der Waals surface area contributed by atoms with Crippen molar-refractivity contribution < 1.29 is 19.1 Å². The van der Waals surface area contributed by atoms with E-state index in [1.54, 1.807) is 12.1 Å². The number of rotatable bonds is 5. The minimum absolute atomic E-state index is 0.334. The first-order chi connectivity index (χ1) is 14.9.